The van der Waals surface area contributed by atoms with Crippen LogP contribution in [0.4, 0.5) is 10.8 Å². The van der Waals surface area contributed by atoms with Crippen LogP contribution < -0.4 is 5.32 Å². The highest BCUT2D eigenvalue weighted by atomic mass is 32.1. The van der Waals surface area contributed by atoms with E-state index in [-0.39, 0.29) is 0 Å². The lowest BCUT2D eigenvalue weighted by Crippen LogP contribution is -1.99. The van der Waals surface area contributed by atoms with E-state index in [1.54, 1.807) is 29.8 Å². The van der Waals surface area contributed by atoms with E-state index < -0.39 is 0 Å². The van der Waals surface area contributed by atoms with Crippen LogP contribution >= 0.6 is 11.3 Å². The molecule has 1 aliphatic rings. The Balaban J connectivity index is 1.88. The molecule has 1 N–H and O–H groups in total. The molecule has 0 spiro atoms. The molecular weight excluding hydrogens is 244 g/mol. The minimum Gasteiger partial charge on any atom is -0.329 e. The van der Waals surface area contributed by atoms with Gasteiger partial charge in [0.15, 0.2) is 5.13 Å². The normalized spacial score (nSPS) is 13.7. The molecule has 4 nitrogen and oxygen atoms in total. The molecular formula is C13H12N4S. The first-order valence-electron chi connectivity index (χ1n) is 5.96. The Morgan fingerprint density at radius 3 is 3.06 bits per heavy atom. The lowest BCUT2D eigenvalue weighted by Gasteiger charge is -2.06. The van der Waals surface area contributed by atoms with E-state index in [1.165, 1.54) is 23.4 Å². The fraction of sp³-hybridized carbons (Fsp3) is 0.308. The number of nitriles is 1. The molecule has 90 valence electrons. The monoisotopic (exact) mass is 256 g/mol. The Bertz CT molecular complexity index is 588. The van der Waals surface area contributed by atoms with Crippen molar-refractivity contribution in [2.75, 3.05) is 5.32 Å². The van der Waals surface area contributed by atoms with Gasteiger partial charge in [0.2, 0.25) is 0 Å². The summed E-state index contributed by atoms with van der Waals surface area (Å²) in [5.41, 5.74) is 2.54. The highest BCUT2D eigenvalue weighted by molar-refractivity contribution is 7.15. The zero-order chi connectivity index (χ0) is 12.4. The highest BCUT2D eigenvalue weighted by Crippen LogP contribution is 2.31. The first-order chi connectivity index (χ1) is 8.86. The second kappa shape index (κ2) is 4.75. The minimum absolute atomic E-state index is 0.596. The largest absolute Gasteiger partial charge is 0.329 e. The van der Waals surface area contributed by atoms with Gasteiger partial charge in [0.1, 0.15) is 6.07 Å². The molecule has 0 amide bonds. The van der Waals surface area contributed by atoms with Crippen molar-refractivity contribution in [3.8, 4) is 6.07 Å². The number of aryl methyl sites for hydroxylation is 2. The number of rotatable bonds is 2. The van der Waals surface area contributed by atoms with Gasteiger partial charge in [0.05, 0.1) is 23.1 Å². The quantitative estimate of drug-likeness (QED) is 0.897. The van der Waals surface area contributed by atoms with Gasteiger partial charge in [-0.15, -0.1) is 11.3 Å². The first-order valence-corrected chi connectivity index (χ1v) is 6.78. The zero-order valence-electron chi connectivity index (χ0n) is 9.81. The van der Waals surface area contributed by atoms with Crippen LogP contribution in [0, 0.1) is 11.3 Å². The summed E-state index contributed by atoms with van der Waals surface area (Å²) in [7, 11) is 0. The molecule has 0 saturated carbocycles. The first kappa shape index (κ1) is 11.2. The SMILES string of the molecule is N#Cc1ccncc1Nc1nc2c(s1)CCCC2. The van der Waals surface area contributed by atoms with Crippen molar-refractivity contribution in [3.63, 3.8) is 0 Å². The van der Waals surface area contributed by atoms with E-state index in [0.29, 0.717) is 5.56 Å². The van der Waals surface area contributed by atoms with Gasteiger partial charge in [-0.2, -0.15) is 5.26 Å². The average molecular weight is 256 g/mol. The van der Waals surface area contributed by atoms with Crippen molar-refractivity contribution in [3.05, 3.63) is 34.6 Å². The van der Waals surface area contributed by atoms with Crippen molar-refractivity contribution in [1.82, 2.24) is 9.97 Å². The van der Waals surface area contributed by atoms with Gasteiger partial charge in [-0.25, -0.2) is 4.98 Å². The second-order valence-corrected chi connectivity index (χ2v) is 5.34. The number of nitrogens with one attached hydrogen (secondary N) is 1. The van der Waals surface area contributed by atoms with Gasteiger partial charge in [0.25, 0.3) is 0 Å². The number of aromatic nitrogens is 2. The maximum Gasteiger partial charge on any atom is 0.187 e. The molecule has 0 fully saturated rings. The average Bonchev–Trinajstić information content (AvgIpc) is 2.81. The van der Waals surface area contributed by atoms with Gasteiger partial charge in [-0.05, 0) is 31.7 Å². The molecule has 0 aromatic carbocycles. The Hall–Kier alpha value is -1.93. The number of anilines is 2. The topological polar surface area (TPSA) is 61.6 Å². The molecule has 3 rings (SSSR count). The molecule has 0 atom stereocenters. The highest BCUT2D eigenvalue weighted by Gasteiger charge is 2.15. The predicted molar refractivity (Wildman–Crippen MR) is 71.0 cm³/mol. The van der Waals surface area contributed by atoms with Gasteiger partial charge < -0.3 is 5.32 Å². The van der Waals surface area contributed by atoms with Crippen molar-refractivity contribution in [2.45, 2.75) is 25.7 Å². The Kier molecular flexibility index (Phi) is 2.95. The fourth-order valence-electron chi connectivity index (χ4n) is 2.11. The lowest BCUT2D eigenvalue weighted by molar-refractivity contribution is 0.683. The smallest absolute Gasteiger partial charge is 0.187 e. The van der Waals surface area contributed by atoms with Crippen molar-refractivity contribution < 1.29 is 0 Å². The maximum absolute atomic E-state index is 9.02. The number of thiazole rings is 1. The molecule has 0 bridgehead atoms. The molecule has 0 aliphatic heterocycles. The Morgan fingerprint density at radius 1 is 1.33 bits per heavy atom. The molecule has 2 aromatic rings. The summed E-state index contributed by atoms with van der Waals surface area (Å²) in [4.78, 5) is 10.0. The fourth-order valence-corrected chi connectivity index (χ4v) is 3.17. The summed E-state index contributed by atoms with van der Waals surface area (Å²) in [6.07, 6.45) is 7.98. The minimum atomic E-state index is 0.596. The van der Waals surface area contributed by atoms with Crippen LogP contribution in [0.5, 0.6) is 0 Å². The van der Waals surface area contributed by atoms with Crippen LogP contribution in [0.3, 0.4) is 0 Å². The molecule has 0 unspecified atom stereocenters. The van der Waals surface area contributed by atoms with Crippen LogP contribution in [0.1, 0.15) is 29.0 Å². The molecule has 2 heterocycles. The van der Waals surface area contributed by atoms with Crippen LogP contribution in [-0.2, 0) is 12.8 Å². The van der Waals surface area contributed by atoms with Gasteiger partial charge in [0, 0.05) is 11.1 Å². The van der Waals surface area contributed by atoms with Gasteiger partial charge in [-0.1, -0.05) is 0 Å². The number of hydrogen-bond donors (Lipinski definition) is 1. The third-order valence-corrected chi connectivity index (χ3v) is 4.10. The lowest BCUT2D eigenvalue weighted by atomic mass is 10.0. The zero-order valence-corrected chi connectivity index (χ0v) is 10.6. The van der Waals surface area contributed by atoms with E-state index in [0.717, 1.165) is 23.7 Å². The third kappa shape index (κ3) is 2.07. The van der Waals surface area contributed by atoms with Crippen LogP contribution in [0.2, 0.25) is 0 Å². The number of hydrogen-bond acceptors (Lipinski definition) is 5. The molecule has 5 heteroatoms. The van der Waals surface area contributed by atoms with E-state index in [2.05, 4.69) is 21.4 Å². The predicted octanol–water partition coefficient (Wildman–Crippen LogP) is 3.03. The molecule has 2 aromatic heterocycles. The van der Waals surface area contributed by atoms with Crippen molar-refractivity contribution in [1.29, 1.82) is 5.26 Å². The summed E-state index contributed by atoms with van der Waals surface area (Å²) in [5, 5.41) is 13.1. The molecule has 1 aliphatic carbocycles. The summed E-state index contributed by atoms with van der Waals surface area (Å²) in [6.45, 7) is 0. The molecule has 18 heavy (non-hydrogen) atoms. The maximum atomic E-state index is 9.02. The van der Waals surface area contributed by atoms with Crippen molar-refractivity contribution in [2.24, 2.45) is 0 Å². The van der Waals surface area contributed by atoms with Crippen LogP contribution in [0.15, 0.2) is 18.5 Å². The summed E-state index contributed by atoms with van der Waals surface area (Å²) >= 11 is 1.69. The summed E-state index contributed by atoms with van der Waals surface area (Å²) in [6, 6.07) is 3.86. The number of nitrogens with zero attached hydrogens (tertiary/aromatic N) is 3. The van der Waals surface area contributed by atoms with E-state index in [9.17, 15) is 0 Å². The standard InChI is InChI=1S/C13H12N4S/c14-7-9-5-6-15-8-11(9)17-13-16-10-3-1-2-4-12(10)18-13/h5-6,8H,1-4H2,(H,16,17). The van der Waals surface area contributed by atoms with Crippen LogP contribution in [-0.4, -0.2) is 9.97 Å². The summed E-state index contributed by atoms with van der Waals surface area (Å²) < 4.78 is 0. The number of fused-ring (bicyclic) bond motifs is 1. The second-order valence-electron chi connectivity index (χ2n) is 4.25. The van der Waals surface area contributed by atoms with Crippen molar-refractivity contribution >= 4 is 22.2 Å². The molecule has 0 radical (unpaired) electrons. The van der Waals surface area contributed by atoms with Gasteiger partial charge in [-0.3, -0.25) is 4.98 Å². The number of pyridine rings is 1. The van der Waals surface area contributed by atoms with E-state index in [1.807, 2.05) is 0 Å². The molecule has 0 saturated heterocycles. The third-order valence-electron chi connectivity index (χ3n) is 3.03. The van der Waals surface area contributed by atoms with Crippen LogP contribution in [0.25, 0.3) is 0 Å². The Morgan fingerprint density at radius 2 is 2.22 bits per heavy atom. The van der Waals surface area contributed by atoms with E-state index in [4.69, 9.17) is 5.26 Å². The van der Waals surface area contributed by atoms with Gasteiger partial charge >= 0.3 is 0 Å². The van der Waals surface area contributed by atoms with E-state index >= 15 is 0 Å². The summed E-state index contributed by atoms with van der Waals surface area (Å²) in [5.74, 6) is 0. The Labute approximate surface area is 109 Å².